The zero-order valence-corrected chi connectivity index (χ0v) is 12.4. The summed E-state index contributed by atoms with van der Waals surface area (Å²) in [6.45, 7) is 1.91. The van der Waals surface area contributed by atoms with Gasteiger partial charge in [0.15, 0.2) is 6.61 Å². The molecular weight excluding hydrogens is 268 g/mol. The normalized spacial score (nSPS) is 10.0. The number of ether oxygens (including phenoxy) is 3. The van der Waals surface area contributed by atoms with Crippen LogP contribution in [0.2, 0.25) is 0 Å². The van der Waals surface area contributed by atoms with Crippen molar-refractivity contribution in [2.24, 2.45) is 0 Å². The highest BCUT2D eigenvalue weighted by Crippen LogP contribution is 2.21. The van der Waals surface area contributed by atoms with Crippen LogP contribution in [0.15, 0.2) is 42.5 Å². The molecule has 0 saturated carbocycles. The second-order valence-corrected chi connectivity index (χ2v) is 4.59. The molecule has 2 rings (SSSR count). The molecule has 0 spiro atoms. The fourth-order valence-electron chi connectivity index (χ4n) is 1.93. The van der Waals surface area contributed by atoms with Gasteiger partial charge in [0, 0.05) is 0 Å². The number of aryl methyl sites for hydroxylation is 1. The molecule has 4 heteroatoms. The van der Waals surface area contributed by atoms with Crippen LogP contribution in [0.5, 0.6) is 17.2 Å². The maximum atomic E-state index is 12.2. The molecular formula is C17H18O4. The van der Waals surface area contributed by atoms with Crippen molar-refractivity contribution in [1.29, 1.82) is 0 Å². The Morgan fingerprint density at radius 1 is 0.952 bits per heavy atom. The van der Waals surface area contributed by atoms with E-state index < -0.39 is 0 Å². The van der Waals surface area contributed by atoms with Crippen molar-refractivity contribution in [2.75, 3.05) is 20.8 Å². The number of ketones is 1. The fraction of sp³-hybridized carbons (Fsp3) is 0.235. The summed E-state index contributed by atoms with van der Waals surface area (Å²) >= 11 is 0. The van der Waals surface area contributed by atoms with Crippen LogP contribution in [-0.2, 0) is 0 Å². The molecule has 0 amide bonds. The average molecular weight is 286 g/mol. The van der Waals surface area contributed by atoms with Gasteiger partial charge in [-0.05, 0) is 48.9 Å². The smallest absolute Gasteiger partial charge is 0.203 e. The molecule has 0 N–H and O–H groups in total. The minimum Gasteiger partial charge on any atom is -0.497 e. The lowest BCUT2D eigenvalue weighted by atomic mass is 10.1. The van der Waals surface area contributed by atoms with Gasteiger partial charge in [-0.1, -0.05) is 6.07 Å². The van der Waals surface area contributed by atoms with E-state index in [1.54, 1.807) is 44.6 Å². The van der Waals surface area contributed by atoms with Gasteiger partial charge in [0.25, 0.3) is 0 Å². The Kier molecular flexibility index (Phi) is 4.82. The Morgan fingerprint density at radius 3 is 2.24 bits per heavy atom. The summed E-state index contributed by atoms with van der Waals surface area (Å²) in [6, 6.07) is 12.6. The zero-order chi connectivity index (χ0) is 15.2. The number of benzene rings is 2. The Labute approximate surface area is 124 Å². The molecule has 110 valence electrons. The molecule has 2 aromatic carbocycles. The third-order valence-electron chi connectivity index (χ3n) is 3.09. The quantitative estimate of drug-likeness (QED) is 0.764. The minimum absolute atomic E-state index is 0.0360. The van der Waals surface area contributed by atoms with Gasteiger partial charge in [0.1, 0.15) is 17.2 Å². The van der Waals surface area contributed by atoms with Gasteiger partial charge >= 0.3 is 0 Å². The van der Waals surface area contributed by atoms with E-state index in [9.17, 15) is 4.79 Å². The number of methoxy groups -OCH3 is 2. The lowest BCUT2D eigenvalue weighted by Crippen LogP contribution is -2.12. The Balaban J connectivity index is 2.04. The maximum absolute atomic E-state index is 12.2. The van der Waals surface area contributed by atoms with Crippen LogP contribution < -0.4 is 14.2 Å². The van der Waals surface area contributed by atoms with E-state index in [0.717, 1.165) is 11.3 Å². The van der Waals surface area contributed by atoms with Gasteiger partial charge in [-0.3, -0.25) is 4.79 Å². The maximum Gasteiger partial charge on any atom is 0.203 e. The fourth-order valence-corrected chi connectivity index (χ4v) is 1.93. The first-order valence-corrected chi connectivity index (χ1v) is 6.58. The largest absolute Gasteiger partial charge is 0.497 e. The van der Waals surface area contributed by atoms with Crippen LogP contribution in [0.3, 0.4) is 0 Å². The van der Waals surface area contributed by atoms with Gasteiger partial charge in [-0.2, -0.15) is 0 Å². The summed E-state index contributed by atoms with van der Waals surface area (Å²) < 4.78 is 15.8. The highest BCUT2D eigenvalue weighted by atomic mass is 16.5. The standard InChI is InChI=1S/C17H18O4/c1-12-4-9-15(17(10-12)20-3)16(18)11-21-14-7-5-13(19-2)6-8-14/h4-10H,11H2,1-3H3. The summed E-state index contributed by atoms with van der Waals surface area (Å²) in [5.41, 5.74) is 1.57. The number of rotatable bonds is 6. The van der Waals surface area contributed by atoms with E-state index in [2.05, 4.69) is 0 Å². The van der Waals surface area contributed by atoms with Gasteiger partial charge < -0.3 is 14.2 Å². The molecule has 2 aromatic rings. The number of carbonyl (C=O) groups excluding carboxylic acids is 1. The van der Waals surface area contributed by atoms with Crippen LogP contribution in [0.25, 0.3) is 0 Å². The van der Waals surface area contributed by atoms with Gasteiger partial charge in [-0.25, -0.2) is 0 Å². The molecule has 0 atom stereocenters. The highest BCUT2D eigenvalue weighted by Gasteiger charge is 2.13. The third kappa shape index (κ3) is 3.75. The number of Topliss-reactive ketones (excluding diaryl/α,β-unsaturated/α-hetero) is 1. The first kappa shape index (κ1) is 14.9. The zero-order valence-electron chi connectivity index (χ0n) is 12.4. The van der Waals surface area contributed by atoms with E-state index in [1.807, 2.05) is 19.1 Å². The molecule has 0 heterocycles. The van der Waals surface area contributed by atoms with E-state index in [4.69, 9.17) is 14.2 Å². The van der Waals surface area contributed by atoms with E-state index >= 15 is 0 Å². The topological polar surface area (TPSA) is 44.8 Å². The first-order valence-electron chi connectivity index (χ1n) is 6.58. The van der Waals surface area contributed by atoms with Gasteiger partial charge in [-0.15, -0.1) is 0 Å². The molecule has 0 aliphatic heterocycles. The molecule has 0 bridgehead atoms. The monoisotopic (exact) mass is 286 g/mol. The van der Waals surface area contributed by atoms with Crippen molar-refractivity contribution in [3.63, 3.8) is 0 Å². The molecule has 0 unspecified atom stereocenters. The summed E-state index contributed by atoms with van der Waals surface area (Å²) in [7, 11) is 3.15. The lowest BCUT2D eigenvalue weighted by molar-refractivity contribution is 0.0918. The van der Waals surface area contributed by atoms with E-state index in [1.165, 1.54) is 0 Å². The molecule has 4 nitrogen and oxygen atoms in total. The number of hydrogen-bond acceptors (Lipinski definition) is 4. The van der Waals surface area contributed by atoms with E-state index in [0.29, 0.717) is 17.1 Å². The first-order chi connectivity index (χ1) is 10.1. The average Bonchev–Trinajstić information content (AvgIpc) is 2.52. The Bertz CT molecular complexity index is 617. The molecule has 0 aliphatic rings. The molecule has 0 aromatic heterocycles. The summed E-state index contributed by atoms with van der Waals surface area (Å²) in [5.74, 6) is 1.81. The van der Waals surface area contributed by atoms with Crippen LogP contribution in [0.1, 0.15) is 15.9 Å². The van der Waals surface area contributed by atoms with Crippen molar-refractivity contribution in [1.82, 2.24) is 0 Å². The van der Waals surface area contributed by atoms with E-state index in [-0.39, 0.29) is 12.4 Å². The van der Waals surface area contributed by atoms with Crippen molar-refractivity contribution in [3.8, 4) is 17.2 Å². The SMILES string of the molecule is COc1ccc(OCC(=O)c2ccc(C)cc2OC)cc1. The number of hydrogen-bond donors (Lipinski definition) is 0. The van der Waals surface area contributed by atoms with Crippen LogP contribution in [0, 0.1) is 6.92 Å². The summed E-state index contributed by atoms with van der Waals surface area (Å²) in [4.78, 5) is 12.2. The molecule has 0 radical (unpaired) electrons. The van der Waals surface area contributed by atoms with Crippen molar-refractivity contribution in [2.45, 2.75) is 6.92 Å². The van der Waals surface area contributed by atoms with Crippen molar-refractivity contribution in [3.05, 3.63) is 53.6 Å². The van der Waals surface area contributed by atoms with Crippen molar-refractivity contribution >= 4 is 5.78 Å². The molecule has 0 aliphatic carbocycles. The predicted octanol–water partition coefficient (Wildman–Crippen LogP) is 3.27. The van der Waals surface area contributed by atoms with Gasteiger partial charge in [0.05, 0.1) is 19.8 Å². The Hall–Kier alpha value is -2.49. The van der Waals surface area contributed by atoms with Crippen LogP contribution in [-0.4, -0.2) is 26.6 Å². The van der Waals surface area contributed by atoms with Crippen LogP contribution in [0.4, 0.5) is 0 Å². The Morgan fingerprint density at radius 2 is 1.62 bits per heavy atom. The highest BCUT2D eigenvalue weighted by molar-refractivity contribution is 5.99. The molecule has 0 saturated heterocycles. The molecule has 0 fully saturated rings. The predicted molar refractivity (Wildman–Crippen MR) is 80.6 cm³/mol. The number of carbonyl (C=O) groups is 1. The third-order valence-corrected chi connectivity index (χ3v) is 3.09. The lowest BCUT2D eigenvalue weighted by Gasteiger charge is -2.10. The minimum atomic E-state index is -0.123. The summed E-state index contributed by atoms with van der Waals surface area (Å²) in [6.07, 6.45) is 0. The van der Waals surface area contributed by atoms with Gasteiger partial charge in [0.2, 0.25) is 5.78 Å². The van der Waals surface area contributed by atoms with Crippen molar-refractivity contribution < 1.29 is 19.0 Å². The summed E-state index contributed by atoms with van der Waals surface area (Å²) in [5, 5.41) is 0. The second kappa shape index (κ2) is 6.79. The molecule has 21 heavy (non-hydrogen) atoms. The second-order valence-electron chi connectivity index (χ2n) is 4.59. The van der Waals surface area contributed by atoms with Crippen LogP contribution >= 0.6 is 0 Å².